The van der Waals surface area contributed by atoms with Crippen molar-refractivity contribution in [1.82, 2.24) is 30.0 Å². The molecule has 3 aromatic heterocycles. The third-order valence-corrected chi connectivity index (χ3v) is 8.27. The van der Waals surface area contributed by atoms with Crippen LogP contribution in [0.4, 0.5) is 5.82 Å². The predicted molar refractivity (Wildman–Crippen MR) is 137 cm³/mol. The highest BCUT2D eigenvalue weighted by Gasteiger charge is 2.19. The smallest absolute Gasteiger partial charge is 0.230 e. The maximum absolute atomic E-state index is 12.4. The summed E-state index contributed by atoms with van der Waals surface area (Å²) in [6, 6.07) is 8.02. The van der Waals surface area contributed by atoms with Gasteiger partial charge in [-0.3, -0.25) is 4.79 Å². The van der Waals surface area contributed by atoms with Crippen LogP contribution in [-0.2, 0) is 11.3 Å². The van der Waals surface area contributed by atoms with Crippen molar-refractivity contribution < 1.29 is 4.79 Å². The van der Waals surface area contributed by atoms with E-state index in [-0.39, 0.29) is 5.91 Å². The first-order valence-corrected chi connectivity index (χ1v) is 14.0. The van der Waals surface area contributed by atoms with Crippen LogP contribution < -0.4 is 10.2 Å². The molecule has 1 fully saturated rings. The molecule has 1 saturated heterocycles. The molecule has 1 aromatic carbocycles. The van der Waals surface area contributed by atoms with Crippen molar-refractivity contribution >= 4 is 67.8 Å². The lowest BCUT2D eigenvalue weighted by molar-refractivity contribution is -0.118. The van der Waals surface area contributed by atoms with Crippen molar-refractivity contribution in [2.45, 2.75) is 35.3 Å². The number of carbonyl (C=O) groups excluding carboxylic acids is 1. The number of aromatic nitrogens is 5. The largest absolute Gasteiger partial charge is 0.356 e. The first-order chi connectivity index (χ1) is 16.2. The van der Waals surface area contributed by atoms with E-state index in [1.807, 2.05) is 41.4 Å². The van der Waals surface area contributed by atoms with Gasteiger partial charge in [0.1, 0.15) is 5.82 Å². The van der Waals surface area contributed by atoms with Crippen LogP contribution in [0.1, 0.15) is 19.3 Å². The molecule has 1 aliphatic rings. The van der Waals surface area contributed by atoms with Crippen molar-refractivity contribution in [3.63, 3.8) is 0 Å². The summed E-state index contributed by atoms with van der Waals surface area (Å²) in [6.45, 7) is 3.10. The number of amides is 1. The highest BCUT2D eigenvalue weighted by Crippen LogP contribution is 2.30. The Bertz CT molecular complexity index is 1230. The summed E-state index contributed by atoms with van der Waals surface area (Å²) in [6.07, 6.45) is 7.50. The topological polar surface area (TPSA) is 88.8 Å². The van der Waals surface area contributed by atoms with Gasteiger partial charge in [0.25, 0.3) is 0 Å². The fourth-order valence-electron chi connectivity index (χ4n) is 3.92. The van der Waals surface area contributed by atoms with Crippen LogP contribution in [0.3, 0.4) is 0 Å². The summed E-state index contributed by atoms with van der Waals surface area (Å²) in [4.78, 5) is 28.8. The van der Waals surface area contributed by atoms with E-state index in [0.717, 1.165) is 49.7 Å². The molecule has 5 rings (SSSR count). The molecular formula is C22H25N7OS3. The van der Waals surface area contributed by atoms with E-state index < -0.39 is 0 Å². The molecule has 0 spiro atoms. The third kappa shape index (κ3) is 5.10. The van der Waals surface area contributed by atoms with Gasteiger partial charge in [0.15, 0.2) is 15.1 Å². The van der Waals surface area contributed by atoms with Crippen LogP contribution in [0, 0.1) is 0 Å². The van der Waals surface area contributed by atoms with Crippen LogP contribution in [0.5, 0.6) is 0 Å². The van der Waals surface area contributed by atoms with Gasteiger partial charge in [0.05, 0.1) is 34.1 Å². The zero-order chi connectivity index (χ0) is 22.6. The standard InChI is InChI=1S/C22H25N7OS3/c1-31-21-26-19(28-10-5-2-6-11-28)15-13-24-29(20(15)27-21)12-9-23-18(30)14-32-22-25-16-7-3-4-8-17(16)33-22/h3-4,7-8,13H,2,5-6,9-12,14H2,1H3,(H,23,30). The van der Waals surface area contributed by atoms with Gasteiger partial charge in [-0.15, -0.1) is 11.3 Å². The summed E-state index contributed by atoms with van der Waals surface area (Å²) in [5, 5.41) is 9.28. The van der Waals surface area contributed by atoms with Gasteiger partial charge in [0.2, 0.25) is 5.91 Å². The summed E-state index contributed by atoms with van der Waals surface area (Å²) in [5.74, 6) is 1.31. The van der Waals surface area contributed by atoms with Gasteiger partial charge in [0, 0.05) is 19.6 Å². The molecule has 11 heteroatoms. The molecule has 0 saturated carbocycles. The zero-order valence-electron chi connectivity index (χ0n) is 18.4. The number of hydrogen-bond donors (Lipinski definition) is 1. The Kier molecular flexibility index (Phi) is 6.98. The maximum atomic E-state index is 12.4. The minimum absolute atomic E-state index is 0.0100. The number of nitrogens with one attached hydrogen (secondary N) is 1. The van der Waals surface area contributed by atoms with Crippen molar-refractivity contribution in [3.05, 3.63) is 30.5 Å². The first-order valence-electron chi connectivity index (χ1n) is 11.0. The molecule has 1 aliphatic heterocycles. The number of fused-ring (bicyclic) bond motifs is 2. The average molecular weight is 500 g/mol. The molecule has 0 radical (unpaired) electrons. The maximum Gasteiger partial charge on any atom is 0.230 e. The number of hydrogen-bond acceptors (Lipinski definition) is 9. The van der Waals surface area contributed by atoms with Gasteiger partial charge in [-0.05, 0) is 37.7 Å². The number of rotatable bonds is 8. The molecule has 4 aromatic rings. The SMILES string of the molecule is CSc1nc(N2CCCCC2)c2cnn(CCNC(=O)CSc3nc4ccccc4s3)c2n1. The van der Waals surface area contributed by atoms with Crippen molar-refractivity contribution in [2.24, 2.45) is 0 Å². The Balaban J connectivity index is 1.20. The van der Waals surface area contributed by atoms with E-state index in [0.29, 0.717) is 18.8 Å². The highest BCUT2D eigenvalue weighted by atomic mass is 32.2. The van der Waals surface area contributed by atoms with Crippen molar-refractivity contribution in [2.75, 3.05) is 36.5 Å². The van der Waals surface area contributed by atoms with Crippen LogP contribution in [-0.4, -0.2) is 62.3 Å². The Morgan fingerprint density at radius 2 is 2.00 bits per heavy atom. The average Bonchev–Trinajstić information content (AvgIpc) is 3.46. The summed E-state index contributed by atoms with van der Waals surface area (Å²) in [7, 11) is 0. The van der Waals surface area contributed by atoms with Crippen LogP contribution in [0.2, 0.25) is 0 Å². The molecule has 1 N–H and O–H groups in total. The predicted octanol–water partition coefficient (Wildman–Crippen LogP) is 4.06. The van der Waals surface area contributed by atoms with Gasteiger partial charge in [-0.2, -0.15) is 5.10 Å². The second-order valence-corrected chi connectivity index (χ2v) is 10.8. The molecule has 8 nitrogen and oxygen atoms in total. The van der Waals surface area contributed by atoms with E-state index in [1.165, 1.54) is 31.0 Å². The Morgan fingerprint density at radius 3 is 2.82 bits per heavy atom. The molecule has 0 atom stereocenters. The molecule has 1 amide bonds. The second-order valence-electron chi connectivity index (χ2n) is 7.77. The summed E-state index contributed by atoms with van der Waals surface area (Å²) < 4.78 is 3.92. The number of thiazole rings is 1. The molecule has 33 heavy (non-hydrogen) atoms. The number of anilines is 1. The van der Waals surface area contributed by atoms with Crippen LogP contribution in [0.15, 0.2) is 40.0 Å². The minimum atomic E-state index is -0.0100. The monoisotopic (exact) mass is 499 g/mol. The minimum Gasteiger partial charge on any atom is -0.356 e. The molecular weight excluding hydrogens is 474 g/mol. The molecule has 0 unspecified atom stereocenters. The quantitative estimate of drug-likeness (QED) is 0.287. The van der Waals surface area contributed by atoms with E-state index in [9.17, 15) is 4.79 Å². The fraction of sp³-hybridized carbons (Fsp3) is 0.409. The van der Waals surface area contributed by atoms with Gasteiger partial charge in [-0.1, -0.05) is 35.7 Å². The van der Waals surface area contributed by atoms with Crippen LogP contribution >= 0.6 is 34.9 Å². The number of nitrogens with zero attached hydrogens (tertiary/aromatic N) is 6. The summed E-state index contributed by atoms with van der Waals surface area (Å²) >= 11 is 4.63. The van der Waals surface area contributed by atoms with Crippen molar-refractivity contribution in [1.29, 1.82) is 0 Å². The normalized spacial score (nSPS) is 14.3. The fourth-order valence-corrected chi connectivity index (χ4v) is 6.17. The van der Waals surface area contributed by atoms with E-state index in [2.05, 4.69) is 20.3 Å². The number of benzene rings is 1. The number of piperidine rings is 1. The van der Waals surface area contributed by atoms with Crippen LogP contribution in [0.25, 0.3) is 21.3 Å². The lowest BCUT2D eigenvalue weighted by Crippen LogP contribution is -2.30. The van der Waals surface area contributed by atoms with E-state index in [1.54, 1.807) is 23.1 Å². The second kappa shape index (κ2) is 10.3. The van der Waals surface area contributed by atoms with Gasteiger partial charge in [-0.25, -0.2) is 19.6 Å². The molecule has 0 bridgehead atoms. The lowest BCUT2D eigenvalue weighted by atomic mass is 10.1. The molecule has 4 heterocycles. The number of para-hydroxylation sites is 1. The Labute approximate surface area is 204 Å². The molecule has 0 aliphatic carbocycles. The van der Waals surface area contributed by atoms with E-state index in [4.69, 9.17) is 9.97 Å². The molecule has 172 valence electrons. The van der Waals surface area contributed by atoms with Gasteiger partial charge >= 0.3 is 0 Å². The Hall–Kier alpha value is -2.37. The lowest BCUT2D eigenvalue weighted by Gasteiger charge is -2.28. The van der Waals surface area contributed by atoms with Crippen molar-refractivity contribution in [3.8, 4) is 0 Å². The third-order valence-electron chi connectivity index (χ3n) is 5.54. The van der Waals surface area contributed by atoms with E-state index >= 15 is 0 Å². The summed E-state index contributed by atoms with van der Waals surface area (Å²) in [5.41, 5.74) is 1.81. The first kappa shape index (κ1) is 22.4. The highest BCUT2D eigenvalue weighted by molar-refractivity contribution is 8.01. The zero-order valence-corrected chi connectivity index (χ0v) is 20.8. The van der Waals surface area contributed by atoms with Gasteiger partial charge < -0.3 is 10.2 Å². The Morgan fingerprint density at radius 1 is 1.15 bits per heavy atom. The number of thioether (sulfide) groups is 2. The number of carbonyl (C=O) groups is 1.